The number of rotatable bonds is 13. The summed E-state index contributed by atoms with van der Waals surface area (Å²) in [5.41, 5.74) is 0. The molecule has 0 heterocycles. The van der Waals surface area contributed by atoms with E-state index in [0.29, 0.717) is 0 Å². The third-order valence-electron chi connectivity index (χ3n) is 3.16. The van der Waals surface area contributed by atoms with E-state index < -0.39 is 0 Å². The molecular formula is C15H33P. The first kappa shape index (κ1) is 16.4. The van der Waals surface area contributed by atoms with E-state index in [1.807, 2.05) is 0 Å². The van der Waals surface area contributed by atoms with Crippen LogP contribution in [0.25, 0.3) is 0 Å². The summed E-state index contributed by atoms with van der Waals surface area (Å²) < 4.78 is 0. The van der Waals surface area contributed by atoms with Crippen LogP contribution in [0.2, 0.25) is 0 Å². The van der Waals surface area contributed by atoms with Crippen LogP contribution in [0.15, 0.2) is 0 Å². The van der Waals surface area contributed by atoms with Gasteiger partial charge in [-0.05, 0) is 25.2 Å². The van der Waals surface area contributed by atoms with Gasteiger partial charge in [-0.3, -0.25) is 0 Å². The highest BCUT2D eigenvalue weighted by Crippen LogP contribution is 2.17. The first-order chi connectivity index (χ1) is 7.91. The monoisotopic (exact) mass is 244 g/mol. The molecule has 0 nitrogen and oxygen atoms in total. The fourth-order valence-electron chi connectivity index (χ4n) is 2.01. The van der Waals surface area contributed by atoms with Crippen molar-refractivity contribution in [1.82, 2.24) is 0 Å². The molecule has 1 atom stereocenters. The molecule has 0 fully saturated rings. The molecule has 0 saturated carbocycles. The van der Waals surface area contributed by atoms with Crippen LogP contribution in [-0.4, -0.2) is 12.3 Å². The van der Waals surface area contributed by atoms with Crippen LogP contribution in [0.4, 0.5) is 0 Å². The van der Waals surface area contributed by atoms with E-state index in [4.69, 9.17) is 0 Å². The van der Waals surface area contributed by atoms with E-state index in [9.17, 15) is 0 Å². The standard InChI is InChI=1S/C15H33P/c1-3-5-7-8-9-10-11-13-15-16-14-12-6-4-2/h16H,3-15H2,1-2H3. The zero-order valence-electron chi connectivity index (χ0n) is 11.7. The molecule has 98 valence electrons. The van der Waals surface area contributed by atoms with Gasteiger partial charge in [-0.25, -0.2) is 0 Å². The van der Waals surface area contributed by atoms with E-state index >= 15 is 0 Å². The van der Waals surface area contributed by atoms with E-state index in [0.717, 1.165) is 0 Å². The van der Waals surface area contributed by atoms with Gasteiger partial charge in [0.1, 0.15) is 0 Å². The summed E-state index contributed by atoms with van der Waals surface area (Å²) in [4.78, 5) is 0. The van der Waals surface area contributed by atoms with E-state index in [2.05, 4.69) is 13.8 Å². The van der Waals surface area contributed by atoms with Gasteiger partial charge in [-0.2, -0.15) is 0 Å². The van der Waals surface area contributed by atoms with Gasteiger partial charge in [0.25, 0.3) is 0 Å². The van der Waals surface area contributed by atoms with Crippen LogP contribution in [0.3, 0.4) is 0 Å². The van der Waals surface area contributed by atoms with Gasteiger partial charge < -0.3 is 0 Å². The van der Waals surface area contributed by atoms with Gasteiger partial charge in [0.15, 0.2) is 0 Å². The van der Waals surface area contributed by atoms with E-state index in [-0.39, 0.29) is 0 Å². The van der Waals surface area contributed by atoms with Gasteiger partial charge in [0.2, 0.25) is 0 Å². The first-order valence-electron chi connectivity index (χ1n) is 7.62. The van der Waals surface area contributed by atoms with Crippen LogP contribution in [0, 0.1) is 0 Å². The molecule has 0 saturated heterocycles. The summed E-state index contributed by atoms with van der Waals surface area (Å²) in [6.07, 6.45) is 19.1. The van der Waals surface area contributed by atoms with Gasteiger partial charge >= 0.3 is 0 Å². The first-order valence-corrected chi connectivity index (χ1v) is 9.04. The summed E-state index contributed by atoms with van der Waals surface area (Å²) in [6.45, 7) is 4.58. The van der Waals surface area contributed by atoms with Crippen molar-refractivity contribution in [2.24, 2.45) is 0 Å². The molecule has 0 aliphatic carbocycles. The Labute approximate surface area is 106 Å². The highest BCUT2D eigenvalue weighted by molar-refractivity contribution is 7.37. The predicted octanol–water partition coefficient (Wildman–Crippen LogP) is 6.00. The third kappa shape index (κ3) is 14.4. The molecule has 0 aliphatic heterocycles. The molecule has 0 amide bonds. The Balaban J connectivity index is 2.83. The van der Waals surface area contributed by atoms with Crippen molar-refractivity contribution in [2.45, 2.75) is 84.5 Å². The second-order valence-electron chi connectivity index (χ2n) is 4.93. The van der Waals surface area contributed by atoms with Crippen molar-refractivity contribution in [3.05, 3.63) is 0 Å². The fraction of sp³-hybridized carbons (Fsp3) is 1.00. The normalized spacial score (nSPS) is 11.6. The molecule has 0 aromatic rings. The SMILES string of the molecule is CCCCCCCCCCPCCCCC. The Kier molecular flexibility index (Phi) is 15.8. The molecule has 0 rings (SSSR count). The Morgan fingerprint density at radius 3 is 1.44 bits per heavy atom. The second-order valence-corrected chi connectivity index (χ2v) is 6.43. The Morgan fingerprint density at radius 2 is 0.875 bits per heavy atom. The predicted molar refractivity (Wildman–Crippen MR) is 80.2 cm³/mol. The minimum Gasteiger partial charge on any atom is -0.122 e. The average molecular weight is 244 g/mol. The van der Waals surface area contributed by atoms with Crippen molar-refractivity contribution >= 4 is 8.58 Å². The lowest BCUT2D eigenvalue weighted by Gasteiger charge is -2.02. The van der Waals surface area contributed by atoms with Crippen LogP contribution in [0.5, 0.6) is 0 Å². The maximum atomic E-state index is 2.29. The second kappa shape index (κ2) is 15.4. The smallest absolute Gasteiger partial charge is 0.0353 e. The molecule has 0 N–H and O–H groups in total. The summed E-state index contributed by atoms with van der Waals surface area (Å²) in [5.74, 6) is 0. The molecule has 0 aliphatic rings. The van der Waals surface area contributed by atoms with Crippen LogP contribution in [-0.2, 0) is 0 Å². The highest BCUT2D eigenvalue weighted by atomic mass is 31.1. The summed E-state index contributed by atoms with van der Waals surface area (Å²) in [7, 11) is 1.25. The lowest BCUT2D eigenvalue weighted by molar-refractivity contribution is 0.586. The summed E-state index contributed by atoms with van der Waals surface area (Å²) in [6, 6.07) is 0. The zero-order valence-corrected chi connectivity index (χ0v) is 12.7. The Hall–Kier alpha value is 0.430. The average Bonchev–Trinajstić information content (AvgIpc) is 2.31. The van der Waals surface area contributed by atoms with Gasteiger partial charge in [-0.15, -0.1) is 8.58 Å². The quantitative estimate of drug-likeness (QED) is 0.275. The van der Waals surface area contributed by atoms with Crippen molar-refractivity contribution in [2.75, 3.05) is 12.3 Å². The van der Waals surface area contributed by atoms with Crippen molar-refractivity contribution in [3.8, 4) is 0 Å². The van der Waals surface area contributed by atoms with Gasteiger partial charge in [0.05, 0.1) is 0 Å². The third-order valence-corrected chi connectivity index (χ3v) is 4.58. The Bertz CT molecular complexity index is 98.0. The maximum Gasteiger partial charge on any atom is -0.0353 e. The highest BCUT2D eigenvalue weighted by Gasteiger charge is 1.92. The van der Waals surface area contributed by atoms with Crippen molar-refractivity contribution < 1.29 is 0 Å². The largest absolute Gasteiger partial charge is 0.122 e. The minimum atomic E-state index is 1.25. The van der Waals surface area contributed by atoms with E-state index in [1.165, 1.54) is 91.5 Å². The molecule has 0 aromatic heterocycles. The molecule has 1 unspecified atom stereocenters. The number of unbranched alkanes of at least 4 members (excludes halogenated alkanes) is 9. The maximum absolute atomic E-state index is 2.29. The van der Waals surface area contributed by atoms with Crippen LogP contribution >= 0.6 is 8.58 Å². The minimum absolute atomic E-state index is 1.25. The summed E-state index contributed by atoms with van der Waals surface area (Å²) in [5, 5.41) is 0. The molecule has 16 heavy (non-hydrogen) atoms. The Morgan fingerprint density at radius 1 is 0.500 bits per heavy atom. The van der Waals surface area contributed by atoms with E-state index in [1.54, 1.807) is 0 Å². The topological polar surface area (TPSA) is 0 Å². The molecule has 0 radical (unpaired) electrons. The lowest BCUT2D eigenvalue weighted by Crippen LogP contribution is -1.84. The van der Waals surface area contributed by atoms with Crippen molar-refractivity contribution in [3.63, 3.8) is 0 Å². The van der Waals surface area contributed by atoms with Gasteiger partial charge in [-0.1, -0.05) is 71.6 Å². The van der Waals surface area contributed by atoms with Gasteiger partial charge in [0, 0.05) is 0 Å². The molecular weight excluding hydrogens is 211 g/mol. The molecule has 0 spiro atoms. The molecule has 0 bridgehead atoms. The number of hydrogen-bond donors (Lipinski definition) is 0. The molecule has 1 heteroatoms. The lowest BCUT2D eigenvalue weighted by atomic mass is 10.1. The van der Waals surface area contributed by atoms with Crippen molar-refractivity contribution in [1.29, 1.82) is 0 Å². The van der Waals surface area contributed by atoms with Crippen LogP contribution in [0.1, 0.15) is 84.5 Å². The van der Waals surface area contributed by atoms with Crippen LogP contribution < -0.4 is 0 Å². The summed E-state index contributed by atoms with van der Waals surface area (Å²) >= 11 is 0. The molecule has 0 aromatic carbocycles. The number of hydrogen-bond acceptors (Lipinski definition) is 0. The fourth-order valence-corrected chi connectivity index (χ4v) is 3.26. The zero-order chi connectivity index (χ0) is 11.9.